The van der Waals surface area contributed by atoms with E-state index >= 15 is 0 Å². The maximum Gasteiger partial charge on any atom is 0.251 e. The fraction of sp³-hybridized carbons (Fsp3) is 0.500. The van der Waals surface area contributed by atoms with Crippen molar-refractivity contribution in [1.29, 1.82) is 0 Å². The first-order valence-electron chi connectivity index (χ1n) is 5.91. The Kier molecular flexibility index (Phi) is 5.19. The number of rotatable bonds is 4. The number of hydrogen-bond acceptors (Lipinski definition) is 1. The van der Waals surface area contributed by atoms with Crippen molar-refractivity contribution < 1.29 is 4.79 Å². The van der Waals surface area contributed by atoms with Crippen molar-refractivity contribution in [2.24, 2.45) is 0 Å². The molecule has 1 rings (SSSR count). The van der Waals surface area contributed by atoms with Gasteiger partial charge in [-0.3, -0.25) is 4.79 Å². The van der Waals surface area contributed by atoms with Crippen LogP contribution in [0, 0.1) is 13.8 Å². The van der Waals surface area contributed by atoms with Gasteiger partial charge in [-0.1, -0.05) is 40.0 Å². The van der Waals surface area contributed by atoms with Crippen LogP contribution in [0.1, 0.15) is 41.8 Å². The molecule has 0 aliphatic rings. The molecule has 2 nitrogen and oxygen atoms in total. The summed E-state index contributed by atoms with van der Waals surface area (Å²) in [6.07, 6.45) is 0.927. The van der Waals surface area contributed by atoms with Gasteiger partial charge in [-0.25, -0.2) is 0 Å². The standard InChI is InChI=1S/C14H20BrNO/c1-9-5-10(2)7-13(6-9)14(17)16-12(4)8-11(3)15/h5-7,11-12H,8H2,1-4H3,(H,16,17). The summed E-state index contributed by atoms with van der Waals surface area (Å²) in [4.78, 5) is 12.4. The number of alkyl halides is 1. The molecule has 0 fully saturated rings. The zero-order valence-electron chi connectivity index (χ0n) is 10.9. The van der Waals surface area contributed by atoms with Crippen LogP contribution in [0.25, 0.3) is 0 Å². The molecule has 2 atom stereocenters. The summed E-state index contributed by atoms with van der Waals surface area (Å²) in [5, 5.41) is 3.01. The number of benzene rings is 1. The molecule has 0 aliphatic carbocycles. The molecule has 0 aliphatic heterocycles. The van der Waals surface area contributed by atoms with E-state index in [9.17, 15) is 4.79 Å². The maximum absolute atomic E-state index is 12.0. The van der Waals surface area contributed by atoms with Gasteiger partial charge in [-0.2, -0.15) is 0 Å². The molecule has 0 aromatic heterocycles. The van der Waals surface area contributed by atoms with E-state index in [1.54, 1.807) is 0 Å². The van der Waals surface area contributed by atoms with E-state index in [4.69, 9.17) is 0 Å². The molecular weight excluding hydrogens is 278 g/mol. The highest BCUT2D eigenvalue weighted by Gasteiger charge is 2.11. The quantitative estimate of drug-likeness (QED) is 0.846. The third-order valence-corrected chi connectivity index (χ3v) is 2.91. The van der Waals surface area contributed by atoms with E-state index in [0.29, 0.717) is 4.83 Å². The number of carbonyl (C=O) groups excluding carboxylic acids is 1. The Labute approximate surface area is 112 Å². The first-order chi connectivity index (χ1) is 7.88. The molecule has 0 saturated heterocycles. The third kappa shape index (κ3) is 4.90. The van der Waals surface area contributed by atoms with Gasteiger partial charge in [-0.15, -0.1) is 0 Å². The van der Waals surface area contributed by atoms with Crippen LogP contribution in [0.2, 0.25) is 0 Å². The summed E-state index contributed by atoms with van der Waals surface area (Å²) in [6.45, 7) is 8.12. The molecule has 94 valence electrons. The molecule has 0 saturated carbocycles. The van der Waals surface area contributed by atoms with Crippen LogP contribution in [0.5, 0.6) is 0 Å². The number of aryl methyl sites for hydroxylation is 2. The first-order valence-corrected chi connectivity index (χ1v) is 6.83. The second kappa shape index (κ2) is 6.20. The van der Waals surface area contributed by atoms with Gasteiger partial charge in [0, 0.05) is 16.4 Å². The lowest BCUT2D eigenvalue weighted by Gasteiger charge is -2.15. The average Bonchev–Trinajstić information content (AvgIpc) is 2.14. The molecule has 1 amide bonds. The van der Waals surface area contributed by atoms with Crippen LogP contribution >= 0.6 is 15.9 Å². The molecule has 1 N–H and O–H groups in total. The third-order valence-electron chi connectivity index (χ3n) is 2.54. The van der Waals surface area contributed by atoms with E-state index in [0.717, 1.165) is 23.1 Å². The number of hydrogen-bond donors (Lipinski definition) is 1. The minimum atomic E-state index is 0.0115. The summed E-state index contributed by atoms with van der Waals surface area (Å²) >= 11 is 3.49. The first kappa shape index (κ1) is 14.2. The van der Waals surface area contributed by atoms with Crippen molar-refractivity contribution in [3.05, 3.63) is 34.9 Å². The Morgan fingerprint density at radius 3 is 2.24 bits per heavy atom. The van der Waals surface area contributed by atoms with E-state index in [-0.39, 0.29) is 11.9 Å². The molecule has 0 bridgehead atoms. The van der Waals surface area contributed by atoms with Crippen LogP contribution in [0.15, 0.2) is 18.2 Å². The van der Waals surface area contributed by atoms with Gasteiger partial charge in [0.25, 0.3) is 5.91 Å². The molecule has 0 spiro atoms. The Morgan fingerprint density at radius 1 is 1.24 bits per heavy atom. The molecule has 0 heterocycles. The summed E-state index contributed by atoms with van der Waals surface area (Å²) in [5.74, 6) is 0.0115. The normalized spacial score (nSPS) is 14.2. The van der Waals surface area contributed by atoms with Gasteiger partial charge in [0.1, 0.15) is 0 Å². The highest BCUT2D eigenvalue weighted by molar-refractivity contribution is 9.09. The minimum absolute atomic E-state index is 0.0115. The SMILES string of the molecule is Cc1cc(C)cc(C(=O)NC(C)CC(C)Br)c1. The van der Waals surface area contributed by atoms with Gasteiger partial charge in [-0.05, 0) is 39.3 Å². The van der Waals surface area contributed by atoms with E-state index in [2.05, 4.69) is 34.2 Å². The zero-order chi connectivity index (χ0) is 13.0. The molecule has 0 radical (unpaired) electrons. The van der Waals surface area contributed by atoms with Gasteiger partial charge < -0.3 is 5.32 Å². The predicted octanol–water partition coefficient (Wildman–Crippen LogP) is 3.60. The highest BCUT2D eigenvalue weighted by Crippen LogP contribution is 2.11. The summed E-state index contributed by atoms with van der Waals surface area (Å²) in [7, 11) is 0. The Bertz CT molecular complexity index is 381. The van der Waals surface area contributed by atoms with Gasteiger partial charge >= 0.3 is 0 Å². The van der Waals surface area contributed by atoms with Crippen LogP contribution in [0.4, 0.5) is 0 Å². The lowest BCUT2D eigenvalue weighted by molar-refractivity contribution is 0.0938. The fourth-order valence-corrected chi connectivity index (χ4v) is 2.52. The van der Waals surface area contributed by atoms with Crippen molar-refractivity contribution in [1.82, 2.24) is 5.32 Å². The van der Waals surface area contributed by atoms with E-state index < -0.39 is 0 Å². The summed E-state index contributed by atoms with van der Waals surface area (Å²) < 4.78 is 0. The van der Waals surface area contributed by atoms with Crippen molar-refractivity contribution in [3.8, 4) is 0 Å². The Balaban J connectivity index is 2.69. The number of halogens is 1. The molecule has 17 heavy (non-hydrogen) atoms. The van der Waals surface area contributed by atoms with Crippen LogP contribution in [-0.2, 0) is 0 Å². The van der Waals surface area contributed by atoms with Gasteiger partial charge in [0.15, 0.2) is 0 Å². The highest BCUT2D eigenvalue weighted by atomic mass is 79.9. The van der Waals surface area contributed by atoms with Crippen molar-refractivity contribution in [2.75, 3.05) is 0 Å². The second-order valence-electron chi connectivity index (χ2n) is 4.77. The molecule has 1 aromatic carbocycles. The lowest BCUT2D eigenvalue weighted by Crippen LogP contribution is -2.33. The van der Waals surface area contributed by atoms with Crippen molar-refractivity contribution >= 4 is 21.8 Å². The van der Waals surface area contributed by atoms with Crippen molar-refractivity contribution in [2.45, 2.75) is 45.0 Å². The van der Waals surface area contributed by atoms with E-state index in [1.807, 2.05) is 32.9 Å². The van der Waals surface area contributed by atoms with Crippen LogP contribution in [0.3, 0.4) is 0 Å². The monoisotopic (exact) mass is 297 g/mol. The van der Waals surface area contributed by atoms with Gasteiger partial charge in [0.05, 0.1) is 0 Å². The van der Waals surface area contributed by atoms with Crippen molar-refractivity contribution in [3.63, 3.8) is 0 Å². The Hall–Kier alpha value is -0.830. The van der Waals surface area contributed by atoms with Crippen LogP contribution < -0.4 is 5.32 Å². The predicted molar refractivity (Wildman–Crippen MR) is 75.9 cm³/mol. The molecular formula is C14H20BrNO. The average molecular weight is 298 g/mol. The fourth-order valence-electron chi connectivity index (χ4n) is 1.96. The summed E-state index contributed by atoms with van der Waals surface area (Å²) in [6, 6.07) is 6.10. The maximum atomic E-state index is 12.0. The smallest absolute Gasteiger partial charge is 0.251 e. The number of nitrogens with one attached hydrogen (secondary N) is 1. The summed E-state index contributed by atoms with van der Waals surface area (Å²) in [5.41, 5.74) is 2.99. The Morgan fingerprint density at radius 2 is 1.76 bits per heavy atom. The number of carbonyl (C=O) groups is 1. The minimum Gasteiger partial charge on any atom is -0.350 e. The number of amides is 1. The lowest BCUT2D eigenvalue weighted by atomic mass is 10.1. The molecule has 3 heteroatoms. The molecule has 2 unspecified atom stereocenters. The topological polar surface area (TPSA) is 29.1 Å². The molecule has 1 aromatic rings. The van der Waals surface area contributed by atoms with E-state index in [1.165, 1.54) is 0 Å². The second-order valence-corrected chi connectivity index (χ2v) is 6.33. The van der Waals surface area contributed by atoms with Gasteiger partial charge in [0.2, 0.25) is 0 Å². The van der Waals surface area contributed by atoms with Crippen LogP contribution in [-0.4, -0.2) is 16.8 Å². The largest absolute Gasteiger partial charge is 0.350 e. The zero-order valence-corrected chi connectivity index (χ0v) is 12.5.